The molecule has 0 fully saturated rings. The Morgan fingerprint density at radius 3 is 2.20 bits per heavy atom. The van der Waals surface area contributed by atoms with Crippen LogP contribution in [-0.2, 0) is 0 Å². The normalized spacial score (nSPS) is 17.4. The number of carboxylic acid groups (broad SMARTS) is 2. The first kappa shape index (κ1) is 29.3. The Bertz CT molecular complexity index is 2000. The lowest BCUT2D eigenvalue weighted by Crippen LogP contribution is -2.47. The van der Waals surface area contributed by atoms with Gasteiger partial charge in [0.05, 0.1) is 41.9 Å². The van der Waals surface area contributed by atoms with Crippen molar-refractivity contribution < 1.29 is 34.8 Å². The molecule has 3 N–H and O–H groups in total. The van der Waals surface area contributed by atoms with Gasteiger partial charge in [-0.15, -0.1) is 0 Å². The van der Waals surface area contributed by atoms with E-state index < -0.39 is 23.0 Å². The van der Waals surface area contributed by atoms with Crippen LogP contribution in [0.4, 0.5) is 5.69 Å². The number of carboxylic acids is 2. The summed E-state index contributed by atoms with van der Waals surface area (Å²) < 4.78 is 8.70. The topological polar surface area (TPSA) is 133 Å². The van der Waals surface area contributed by atoms with Crippen LogP contribution in [0.2, 0.25) is 0 Å². The molecule has 0 saturated heterocycles. The lowest BCUT2D eigenvalue weighted by molar-refractivity contribution is -0.255. The third-order valence-corrected chi connectivity index (χ3v) is 9.25. The number of ether oxygens (including phenoxy) is 1. The van der Waals surface area contributed by atoms with E-state index in [1.54, 1.807) is 0 Å². The zero-order valence-corrected chi connectivity index (χ0v) is 25.5. The van der Waals surface area contributed by atoms with E-state index in [9.17, 15) is 30.0 Å². The zero-order chi connectivity index (χ0) is 31.9. The predicted molar refractivity (Wildman–Crippen MR) is 165 cm³/mol. The van der Waals surface area contributed by atoms with Crippen molar-refractivity contribution in [1.29, 1.82) is 0 Å². The molecule has 0 aliphatic carbocycles. The second-order valence-corrected chi connectivity index (χ2v) is 12.6. The van der Waals surface area contributed by atoms with Crippen molar-refractivity contribution in [2.24, 2.45) is 0 Å². The Morgan fingerprint density at radius 1 is 0.886 bits per heavy atom. The van der Waals surface area contributed by atoms with Gasteiger partial charge in [-0.3, -0.25) is 0 Å². The summed E-state index contributed by atoms with van der Waals surface area (Å²) in [5.41, 5.74) is 4.01. The number of carbonyl (C=O) groups is 2. The maximum Gasteiger partial charge on any atom is 0.336 e. The third kappa shape index (κ3) is 4.34. The van der Waals surface area contributed by atoms with Crippen LogP contribution < -0.4 is 29.9 Å². The van der Waals surface area contributed by atoms with Crippen molar-refractivity contribution in [3.63, 3.8) is 0 Å². The van der Waals surface area contributed by atoms with Crippen molar-refractivity contribution in [2.45, 2.75) is 38.8 Å². The van der Waals surface area contributed by atoms with Gasteiger partial charge in [0.25, 0.3) is 0 Å². The van der Waals surface area contributed by atoms with Gasteiger partial charge in [0.2, 0.25) is 5.36 Å². The first-order valence-electron chi connectivity index (χ1n) is 14.3. The molecule has 3 aliphatic heterocycles. The van der Waals surface area contributed by atoms with Crippen LogP contribution in [0.1, 0.15) is 70.7 Å². The Kier molecular flexibility index (Phi) is 6.60. The number of nitrogens with zero attached hydrogens (tertiary/aromatic N) is 2. The van der Waals surface area contributed by atoms with E-state index in [2.05, 4.69) is 9.48 Å². The molecule has 6 rings (SSSR count). The molecule has 3 aliphatic rings. The molecule has 226 valence electrons. The van der Waals surface area contributed by atoms with Crippen LogP contribution in [0.5, 0.6) is 11.5 Å². The Labute approximate surface area is 254 Å². The molecular weight excluding hydrogens is 560 g/mol. The lowest BCUT2D eigenvalue weighted by atomic mass is 9.83. The fourth-order valence-electron chi connectivity index (χ4n) is 6.47. The van der Waals surface area contributed by atoms with E-state index in [4.69, 9.17) is 4.74 Å². The number of hydrogen-bond donors (Lipinski definition) is 3. The summed E-state index contributed by atoms with van der Waals surface area (Å²) in [6, 6.07) is 11.5. The van der Waals surface area contributed by atoms with Gasteiger partial charge in [-0.25, -0.2) is 9.37 Å². The molecule has 3 aromatic rings. The van der Waals surface area contributed by atoms with Crippen LogP contribution in [0, 0.1) is 0 Å². The minimum absolute atomic E-state index is 0.198. The number of aliphatic hydroxyl groups excluding tert-OH is 2. The molecule has 0 bridgehead atoms. The monoisotopic (exact) mass is 594 g/mol. The van der Waals surface area contributed by atoms with Gasteiger partial charge in [0.15, 0.2) is 5.54 Å². The van der Waals surface area contributed by atoms with E-state index in [1.807, 2.05) is 78.2 Å². The van der Waals surface area contributed by atoms with Crippen LogP contribution >= 0.6 is 0 Å². The maximum absolute atomic E-state index is 12.6. The van der Waals surface area contributed by atoms with Crippen LogP contribution in [0.15, 0.2) is 54.6 Å². The molecular formula is C35H34N2O7. The number of hydrogen-bond acceptors (Lipinski definition) is 7. The molecule has 3 aromatic carbocycles. The van der Waals surface area contributed by atoms with E-state index in [1.165, 1.54) is 12.1 Å². The summed E-state index contributed by atoms with van der Waals surface area (Å²) >= 11 is 0. The Balaban J connectivity index is 1.78. The Morgan fingerprint density at radius 2 is 1.57 bits per heavy atom. The fraction of sp³-hybridized carbons (Fsp3) is 0.286. The molecule has 0 unspecified atom stereocenters. The zero-order valence-electron chi connectivity index (χ0n) is 25.5. The first-order chi connectivity index (χ1) is 20.7. The number of benzene rings is 3. The molecule has 0 amide bonds. The quantitative estimate of drug-likeness (QED) is 0.299. The lowest BCUT2D eigenvalue weighted by Gasteiger charge is -2.41. The number of carbonyl (C=O) groups excluding carboxylic acids is 1. The van der Waals surface area contributed by atoms with Crippen LogP contribution in [0.25, 0.3) is 16.7 Å². The SMILES string of the molecule is CN1c2cc3c(cc2C(CO)=CC1(C)C)C(c1ccc(C(=O)[O-])cc1C(=O)O)=c1cc2c(cc1O3)=[N+](C)C(C)(C)C=C2CO. The molecule has 0 atom stereocenters. The highest BCUT2D eigenvalue weighted by molar-refractivity contribution is 6.01. The number of rotatable bonds is 5. The summed E-state index contributed by atoms with van der Waals surface area (Å²) in [6.45, 7) is 7.80. The van der Waals surface area contributed by atoms with Gasteiger partial charge in [-0.2, -0.15) is 0 Å². The van der Waals surface area contributed by atoms with Crippen molar-refractivity contribution in [3.8, 4) is 11.5 Å². The van der Waals surface area contributed by atoms with Gasteiger partial charge in [-0.05, 0) is 60.4 Å². The second-order valence-electron chi connectivity index (χ2n) is 12.6. The van der Waals surface area contributed by atoms with Crippen molar-refractivity contribution in [3.05, 3.63) is 98.6 Å². The van der Waals surface area contributed by atoms with Gasteiger partial charge in [0.1, 0.15) is 18.5 Å². The second kappa shape index (κ2) is 9.90. The number of aliphatic hydroxyl groups is 2. The predicted octanol–water partition coefficient (Wildman–Crippen LogP) is 1.99. The molecule has 9 heteroatoms. The first-order valence-corrected chi connectivity index (χ1v) is 14.3. The van der Waals surface area contributed by atoms with Gasteiger partial charge < -0.3 is 34.9 Å². The summed E-state index contributed by atoms with van der Waals surface area (Å²) in [7, 11) is 3.93. The highest BCUT2D eigenvalue weighted by Crippen LogP contribution is 2.46. The van der Waals surface area contributed by atoms with E-state index in [0.29, 0.717) is 33.4 Å². The van der Waals surface area contributed by atoms with Gasteiger partial charge >= 0.3 is 5.97 Å². The Hall–Kier alpha value is -4.73. The van der Waals surface area contributed by atoms with Crippen LogP contribution in [0.3, 0.4) is 0 Å². The fourth-order valence-corrected chi connectivity index (χ4v) is 6.47. The summed E-state index contributed by atoms with van der Waals surface area (Å²) in [5, 5.41) is 44.1. The van der Waals surface area contributed by atoms with E-state index >= 15 is 0 Å². The van der Waals surface area contributed by atoms with Crippen molar-refractivity contribution in [1.82, 2.24) is 4.58 Å². The van der Waals surface area contributed by atoms with Crippen LogP contribution in [-0.4, -0.2) is 65.6 Å². The number of likely N-dealkylation sites (N-methyl/N-ethyl adjacent to an activating group) is 2. The summed E-state index contributed by atoms with van der Waals surface area (Å²) in [4.78, 5) is 26.4. The minimum atomic E-state index is -1.48. The molecule has 0 saturated carbocycles. The molecule has 9 nitrogen and oxygen atoms in total. The van der Waals surface area contributed by atoms with Gasteiger partial charge in [-0.1, -0.05) is 18.2 Å². The number of aromatic carboxylic acids is 2. The van der Waals surface area contributed by atoms with E-state index in [0.717, 1.165) is 39.4 Å². The summed E-state index contributed by atoms with van der Waals surface area (Å²) in [5.74, 6) is -1.80. The standard InChI is InChI=1S/C35H34N2O7/c1-34(2)14-19(16-38)22-10-25-29(12-27(22)36(34)5)44-30-13-28-23(20(17-39)15-35(3,4)37(28)6)11-26(30)31(25)21-8-7-18(32(40)41)9-24(21)33(42)43/h7-15,38-39H,16-17H2,1-6H3,(H-,40,41,42,43). The minimum Gasteiger partial charge on any atom is -0.545 e. The largest absolute Gasteiger partial charge is 0.545 e. The van der Waals surface area contributed by atoms with Crippen molar-refractivity contribution >= 4 is 34.3 Å². The molecule has 44 heavy (non-hydrogen) atoms. The molecule has 0 spiro atoms. The third-order valence-electron chi connectivity index (χ3n) is 9.25. The average Bonchev–Trinajstić information content (AvgIpc) is 2.98. The average molecular weight is 595 g/mol. The molecule has 3 heterocycles. The van der Waals surface area contributed by atoms with Gasteiger partial charge in [0, 0.05) is 54.6 Å². The maximum atomic E-state index is 12.6. The highest BCUT2D eigenvalue weighted by atomic mass is 16.5. The van der Waals surface area contributed by atoms with Crippen molar-refractivity contribution in [2.75, 3.05) is 32.2 Å². The smallest absolute Gasteiger partial charge is 0.336 e. The molecule has 0 radical (unpaired) electrons. The number of anilines is 1. The van der Waals surface area contributed by atoms with E-state index in [-0.39, 0.29) is 24.3 Å². The highest BCUT2D eigenvalue weighted by Gasteiger charge is 2.36. The molecule has 0 aromatic heterocycles. The number of fused-ring (bicyclic) bond motifs is 4. The summed E-state index contributed by atoms with van der Waals surface area (Å²) in [6.07, 6.45) is 4.01.